The number of benzene rings is 1. The van der Waals surface area contributed by atoms with Crippen molar-refractivity contribution in [1.29, 1.82) is 0 Å². The van der Waals surface area contributed by atoms with Gasteiger partial charge in [0.1, 0.15) is 5.00 Å². The summed E-state index contributed by atoms with van der Waals surface area (Å²) in [6.07, 6.45) is 8.78. The number of thiophene rings is 1. The second-order valence-electron chi connectivity index (χ2n) is 8.76. The van der Waals surface area contributed by atoms with Crippen molar-refractivity contribution in [2.75, 3.05) is 11.9 Å². The van der Waals surface area contributed by atoms with Crippen LogP contribution < -0.4 is 11.1 Å². The van der Waals surface area contributed by atoms with E-state index in [1.807, 2.05) is 6.92 Å². The molecular weight excluding hydrogens is 458 g/mol. The highest BCUT2D eigenvalue weighted by molar-refractivity contribution is 7.89. The van der Waals surface area contributed by atoms with Gasteiger partial charge in [0.2, 0.25) is 10.0 Å². The SMILES string of the molecule is CCN(C1CCCCC1)S(=O)(=O)c1ccc(C(=O)Nc2sc3c(c2C(N)=O)CCCC3)cc1. The van der Waals surface area contributed by atoms with Crippen LogP contribution in [0, 0.1) is 0 Å². The second kappa shape index (κ2) is 9.95. The number of hydrogen-bond donors (Lipinski definition) is 2. The Morgan fingerprint density at radius 2 is 1.73 bits per heavy atom. The summed E-state index contributed by atoms with van der Waals surface area (Å²) in [7, 11) is -3.63. The molecule has 0 radical (unpaired) electrons. The van der Waals surface area contributed by atoms with Gasteiger partial charge < -0.3 is 11.1 Å². The third-order valence-electron chi connectivity index (χ3n) is 6.66. The van der Waals surface area contributed by atoms with E-state index in [4.69, 9.17) is 5.73 Å². The molecule has 2 aliphatic carbocycles. The highest BCUT2D eigenvalue weighted by atomic mass is 32.2. The van der Waals surface area contributed by atoms with Crippen molar-refractivity contribution in [1.82, 2.24) is 4.31 Å². The van der Waals surface area contributed by atoms with Crippen LogP contribution in [0.2, 0.25) is 0 Å². The fraction of sp³-hybridized carbons (Fsp3) is 0.500. The van der Waals surface area contributed by atoms with E-state index in [1.54, 1.807) is 4.31 Å². The van der Waals surface area contributed by atoms with Crippen molar-refractivity contribution in [2.24, 2.45) is 5.73 Å². The highest BCUT2D eigenvalue weighted by Crippen LogP contribution is 2.38. The summed E-state index contributed by atoms with van der Waals surface area (Å²) < 4.78 is 28.1. The predicted molar refractivity (Wildman–Crippen MR) is 130 cm³/mol. The Balaban J connectivity index is 1.53. The largest absolute Gasteiger partial charge is 0.365 e. The van der Waals surface area contributed by atoms with Crippen molar-refractivity contribution in [3.63, 3.8) is 0 Å². The van der Waals surface area contributed by atoms with Gasteiger partial charge in [-0.05, 0) is 68.4 Å². The number of nitrogens with zero attached hydrogens (tertiary/aromatic N) is 1. The van der Waals surface area contributed by atoms with E-state index in [-0.39, 0.29) is 16.8 Å². The number of aryl methyl sites for hydroxylation is 1. The summed E-state index contributed by atoms with van der Waals surface area (Å²) in [5, 5.41) is 3.31. The number of carbonyl (C=O) groups excluding carboxylic acids is 2. The number of nitrogens with one attached hydrogen (secondary N) is 1. The molecule has 1 heterocycles. The average molecular weight is 490 g/mol. The monoisotopic (exact) mass is 489 g/mol. The van der Waals surface area contributed by atoms with Gasteiger partial charge in [-0.25, -0.2) is 8.42 Å². The van der Waals surface area contributed by atoms with Crippen LogP contribution in [0.5, 0.6) is 0 Å². The molecule has 2 amide bonds. The molecule has 1 saturated carbocycles. The molecular formula is C24H31N3O4S2. The van der Waals surface area contributed by atoms with Gasteiger partial charge in [0.15, 0.2) is 0 Å². The summed E-state index contributed by atoms with van der Waals surface area (Å²) in [5.41, 5.74) is 7.31. The Morgan fingerprint density at radius 3 is 2.36 bits per heavy atom. The van der Waals surface area contributed by atoms with E-state index in [0.29, 0.717) is 22.7 Å². The molecule has 0 atom stereocenters. The van der Waals surface area contributed by atoms with E-state index < -0.39 is 15.9 Å². The van der Waals surface area contributed by atoms with E-state index in [0.717, 1.165) is 68.2 Å². The highest BCUT2D eigenvalue weighted by Gasteiger charge is 2.31. The summed E-state index contributed by atoms with van der Waals surface area (Å²) in [6.45, 7) is 2.29. The lowest BCUT2D eigenvalue weighted by Crippen LogP contribution is -2.41. The van der Waals surface area contributed by atoms with Crippen molar-refractivity contribution in [2.45, 2.75) is 75.6 Å². The molecule has 0 aliphatic heterocycles. The summed E-state index contributed by atoms with van der Waals surface area (Å²) >= 11 is 1.41. The number of fused-ring (bicyclic) bond motifs is 1. The lowest BCUT2D eigenvalue weighted by atomic mass is 9.95. The van der Waals surface area contributed by atoms with Crippen molar-refractivity contribution < 1.29 is 18.0 Å². The molecule has 0 spiro atoms. The number of hydrogen-bond acceptors (Lipinski definition) is 5. The fourth-order valence-corrected chi connectivity index (χ4v) is 7.98. The van der Waals surface area contributed by atoms with Crippen LogP contribution >= 0.6 is 11.3 Å². The van der Waals surface area contributed by atoms with Crippen LogP contribution in [0.3, 0.4) is 0 Å². The fourth-order valence-electron chi connectivity index (χ4n) is 5.00. The molecule has 33 heavy (non-hydrogen) atoms. The van der Waals surface area contributed by atoms with Crippen molar-refractivity contribution >= 4 is 38.2 Å². The lowest BCUT2D eigenvalue weighted by Gasteiger charge is -2.32. The molecule has 3 N–H and O–H groups in total. The maximum absolute atomic E-state index is 13.2. The van der Waals surface area contributed by atoms with E-state index in [2.05, 4.69) is 5.32 Å². The first-order chi connectivity index (χ1) is 15.8. The molecule has 4 rings (SSSR count). The topological polar surface area (TPSA) is 110 Å². The standard InChI is InChI=1S/C24H31N3O4S2/c1-2-27(17-8-4-3-5-9-17)33(30,31)18-14-12-16(13-15-18)23(29)26-24-21(22(25)28)19-10-6-7-11-20(19)32-24/h12-15,17H,2-11H2,1H3,(H2,25,28)(H,26,29). The van der Waals surface area contributed by atoms with Gasteiger partial charge in [-0.2, -0.15) is 4.31 Å². The molecule has 7 nitrogen and oxygen atoms in total. The normalized spacial score (nSPS) is 17.0. The molecule has 1 aromatic carbocycles. The number of sulfonamides is 1. The molecule has 2 aliphatic rings. The molecule has 2 aromatic rings. The number of nitrogens with two attached hydrogens (primary N) is 1. The van der Waals surface area contributed by atoms with Crippen molar-refractivity contribution in [3.05, 3.63) is 45.8 Å². The predicted octanol–water partition coefficient (Wildman–Crippen LogP) is 4.32. The van der Waals surface area contributed by atoms with E-state index in [9.17, 15) is 18.0 Å². The van der Waals surface area contributed by atoms with Gasteiger partial charge in [-0.15, -0.1) is 11.3 Å². The van der Waals surface area contributed by atoms with Crippen molar-refractivity contribution in [3.8, 4) is 0 Å². The van der Waals surface area contributed by atoms with E-state index >= 15 is 0 Å². The first-order valence-corrected chi connectivity index (χ1v) is 14.0. The Kier molecular flexibility index (Phi) is 7.21. The third-order valence-corrected chi connectivity index (χ3v) is 9.91. The molecule has 178 valence electrons. The van der Waals surface area contributed by atoms with E-state index in [1.165, 1.54) is 35.6 Å². The van der Waals surface area contributed by atoms with Gasteiger partial charge in [0.05, 0.1) is 10.5 Å². The minimum Gasteiger partial charge on any atom is -0.365 e. The second-order valence-corrected chi connectivity index (χ2v) is 11.8. The van der Waals surface area contributed by atoms with Crippen LogP contribution in [0.4, 0.5) is 5.00 Å². The van der Waals surface area contributed by atoms with Crippen LogP contribution in [-0.4, -0.2) is 37.1 Å². The Hall–Kier alpha value is -2.23. The number of carbonyl (C=O) groups is 2. The number of anilines is 1. The number of primary amides is 1. The molecule has 0 unspecified atom stereocenters. The summed E-state index contributed by atoms with van der Waals surface area (Å²) in [4.78, 5) is 26.2. The lowest BCUT2D eigenvalue weighted by molar-refractivity contribution is 0.100. The zero-order chi connectivity index (χ0) is 23.6. The minimum atomic E-state index is -3.63. The molecule has 9 heteroatoms. The first-order valence-electron chi connectivity index (χ1n) is 11.7. The van der Waals surface area contributed by atoms with Gasteiger partial charge in [-0.1, -0.05) is 26.2 Å². The zero-order valence-electron chi connectivity index (χ0n) is 18.9. The van der Waals surface area contributed by atoms with Gasteiger partial charge in [0, 0.05) is 23.0 Å². The van der Waals surface area contributed by atoms with Crippen LogP contribution in [0.1, 0.15) is 83.0 Å². The molecule has 1 fully saturated rings. The zero-order valence-corrected chi connectivity index (χ0v) is 20.6. The number of rotatable bonds is 7. The maximum atomic E-state index is 13.2. The van der Waals surface area contributed by atoms with Crippen LogP contribution in [-0.2, 0) is 22.9 Å². The number of amides is 2. The maximum Gasteiger partial charge on any atom is 0.256 e. The van der Waals surface area contributed by atoms with Gasteiger partial charge in [-0.3, -0.25) is 9.59 Å². The smallest absolute Gasteiger partial charge is 0.256 e. The van der Waals surface area contributed by atoms with Crippen LogP contribution in [0.25, 0.3) is 0 Å². The molecule has 0 bridgehead atoms. The third kappa shape index (κ3) is 4.85. The quantitative estimate of drug-likeness (QED) is 0.603. The Labute approximate surface area is 199 Å². The minimum absolute atomic E-state index is 0.0359. The Bertz CT molecular complexity index is 1130. The van der Waals surface area contributed by atoms with Gasteiger partial charge in [0.25, 0.3) is 11.8 Å². The summed E-state index contributed by atoms with van der Waals surface area (Å²) in [6, 6.07) is 6.06. The van der Waals surface area contributed by atoms with Crippen LogP contribution in [0.15, 0.2) is 29.2 Å². The average Bonchev–Trinajstić information content (AvgIpc) is 3.18. The van der Waals surface area contributed by atoms with Gasteiger partial charge >= 0.3 is 0 Å². The molecule has 0 saturated heterocycles. The molecule has 1 aromatic heterocycles. The summed E-state index contributed by atoms with van der Waals surface area (Å²) in [5.74, 6) is -0.923. The Morgan fingerprint density at radius 1 is 1.06 bits per heavy atom. The first kappa shape index (κ1) is 23.9.